The molecule has 88 valence electrons. The molecule has 17 heavy (non-hydrogen) atoms. The maximum absolute atomic E-state index is 5.97. The molecule has 0 saturated heterocycles. The molecule has 0 aliphatic carbocycles. The van der Waals surface area contributed by atoms with Crippen molar-refractivity contribution in [1.29, 1.82) is 0 Å². The van der Waals surface area contributed by atoms with Gasteiger partial charge in [-0.25, -0.2) is 9.97 Å². The van der Waals surface area contributed by atoms with Crippen molar-refractivity contribution >= 4 is 40.7 Å². The number of rotatable bonds is 3. The Kier molecular flexibility index (Phi) is 4.10. The molecule has 0 amide bonds. The Labute approximate surface area is 113 Å². The lowest BCUT2D eigenvalue weighted by Crippen LogP contribution is -1.92. The highest BCUT2D eigenvalue weighted by molar-refractivity contribution is 7.98. The predicted molar refractivity (Wildman–Crippen MR) is 72.5 cm³/mol. The average molecular weight is 286 g/mol. The molecule has 0 aliphatic rings. The monoisotopic (exact) mass is 285 g/mol. The molecule has 0 unspecified atom stereocenters. The summed E-state index contributed by atoms with van der Waals surface area (Å²) < 4.78 is 0. The SMILES string of the molecule is Nc1cccnc1SCc1ccc(Cl)nc1Cl. The van der Waals surface area contributed by atoms with Gasteiger partial charge in [-0.3, -0.25) is 0 Å². The van der Waals surface area contributed by atoms with Crippen molar-refractivity contribution in [3.63, 3.8) is 0 Å². The highest BCUT2D eigenvalue weighted by Crippen LogP contribution is 2.28. The van der Waals surface area contributed by atoms with Gasteiger partial charge in [0.25, 0.3) is 0 Å². The zero-order valence-electron chi connectivity index (χ0n) is 8.73. The second-order valence-electron chi connectivity index (χ2n) is 3.27. The van der Waals surface area contributed by atoms with Gasteiger partial charge in [0.15, 0.2) is 0 Å². The largest absolute Gasteiger partial charge is 0.397 e. The van der Waals surface area contributed by atoms with Crippen LogP contribution in [0.15, 0.2) is 35.5 Å². The Hall–Kier alpha value is -0.970. The Bertz CT molecular complexity index is 534. The molecule has 2 aromatic rings. The Morgan fingerprint density at radius 1 is 1.24 bits per heavy atom. The highest BCUT2D eigenvalue weighted by Gasteiger charge is 2.06. The van der Waals surface area contributed by atoms with Gasteiger partial charge in [-0.15, -0.1) is 0 Å². The van der Waals surface area contributed by atoms with Crippen molar-refractivity contribution in [2.24, 2.45) is 0 Å². The Morgan fingerprint density at radius 2 is 2.06 bits per heavy atom. The molecule has 0 fully saturated rings. The molecular formula is C11H9Cl2N3S. The van der Waals surface area contributed by atoms with Gasteiger partial charge in [0.05, 0.1) is 5.69 Å². The molecule has 3 nitrogen and oxygen atoms in total. The number of hydrogen-bond donors (Lipinski definition) is 1. The van der Waals surface area contributed by atoms with Gasteiger partial charge in [0.1, 0.15) is 15.3 Å². The fourth-order valence-corrected chi connectivity index (χ4v) is 2.60. The number of nitrogens with zero attached hydrogens (tertiary/aromatic N) is 2. The molecule has 0 aliphatic heterocycles. The quantitative estimate of drug-likeness (QED) is 0.691. The van der Waals surface area contributed by atoms with E-state index in [0.29, 0.717) is 21.7 Å². The van der Waals surface area contributed by atoms with Crippen LogP contribution in [0.25, 0.3) is 0 Å². The van der Waals surface area contributed by atoms with E-state index < -0.39 is 0 Å². The average Bonchev–Trinajstić information content (AvgIpc) is 2.30. The van der Waals surface area contributed by atoms with E-state index in [0.717, 1.165) is 10.6 Å². The maximum Gasteiger partial charge on any atom is 0.134 e. The lowest BCUT2D eigenvalue weighted by atomic mass is 10.3. The van der Waals surface area contributed by atoms with Crippen LogP contribution in [0.3, 0.4) is 0 Å². The van der Waals surface area contributed by atoms with E-state index >= 15 is 0 Å². The molecule has 0 aromatic carbocycles. The lowest BCUT2D eigenvalue weighted by Gasteiger charge is -2.05. The van der Waals surface area contributed by atoms with Crippen LogP contribution in [-0.2, 0) is 5.75 Å². The maximum atomic E-state index is 5.97. The van der Waals surface area contributed by atoms with Gasteiger partial charge in [-0.1, -0.05) is 41.0 Å². The molecule has 0 radical (unpaired) electrons. The Morgan fingerprint density at radius 3 is 2.76 bits per heavy atom. The number of halogens is 2. The fraction of sp³-hybridized carbons (Fsp3) is 0.0909. The van der Waals surface area contributed by atoms with Crippen LogP contribution < -0.4 is 5.73 Å². The summed E-state index contributed by atoms with van der Waals surface area (Å²) in [6.07, 6.45) is 1.71. The number of nitrogen functional groups attached to an aromatic ring is 1. The number of hydrogen-bond acceptors (Lipinski definition) is 4. The molecule has 2 aromatic heterocycles. The third-order valence-electron chi connectivity index (χ3n) is 2.06. The van der Waals surface area contributed by atoms with Crippen molar-refractivity contribution in [1.82, 2.24) is 9.97 Å². The topological polar surface area (TPSA) is 51.8 Å². The third-order valence-corrected chi connectivity index (χ3v) is 3.66. The second kappa shape index (κ2) is 5.58. The van der Waals surface area contributed by atoms with Crippen LogP contribution in [0.4, 0.5) is 5.69 Å². The van der Waals surface area contributed by atoms with Crippen LogP contribution in [0.5, 0.6) is 0 Å². The number of thioether (sulfide) groups is 1. The first-order valence-electron chi connectivity index (χ1n) is 4.81. The molecule has 0 saturated carbocycles. The summed E-state index contributed by atoms with van der Waals surface area (Å²) in [7, 11) is 0. The van der Waals surface area contributed by atoms with E-state index in [4.69, 9.17) is 28.9 Å². The number of aromatic nitrogens is 2. The normalized spacial score (nSPS) is 10.5. The highest BCUT2D eigenvalue weighted by atomic mass is 35.5. The lowest BCUT2D eigenvalue weighted by molar-refractivity contribution is 1.14. The Balaban J connectivity index is 2.10. The van der Waals surface area contributed by atoms with E-state index in [2.05, 4.69) is 9.97 Å². The van der Waals surface area contributed by atoms with Crippen LogP contribution in [0, 0.1) is 0 Å². The van der Waals surface area contributed by atoms with Crippen molar-refractivity contribution in [3.8, 4) is 0 Å². The van der Waals surface area contributed by atoms with Crippen molar-refractivity contribution in [3.05, 3.63) is 46.3 Å². The molecule has 0 bridgehead atoms. The summed E-state index contributed by atoms with van der Waals surface area (Å²) in [5.41, 5.74) is 7.36. The van der Waals surface area contributed by atoms with E-state index in [1.165, 1.54) is 11.8 Å². The smallest absolute Gasteiger partial charge is 0.134 e. The standard InChI is InChI=1S/C11H9Cl2N3S/c12-9-4-3-7(10(13)16-9)6-17-11-8(14)2-1-5-15-11/h1-5H,6,14H2. The summed E-state index contributed by atoms with van der Waals surface area (Å²) in [5.74, 6) is 0.657. The summed E-state index contributed by atoms with van der Waals surface area (Å²) >= 11 is 13.2. The van der Waals surface area contributed by atoms with Gasteiger partial charge in [-0.05, 0) is 23.8 Å². The van der Waals surface area contributed by atoms with E-state index in [1.54, 1.807) is 18.3 Å². The van der Waals surface area contributed by atoms with Gasteiger partial charge in [0.2, 0.25) is 0 Å². The number of nitrogens with two attached hydrogens (primary N) is 1. The molecule has 2 rings (SSSR count). The third kappa shape index (κ3) is 3.25. The van der Waals surface area contributed by atoms with Crippen LogP contribution in [-0.4, -0.2) is 9.97 Å². The van der Waals surface area contributed by atoms with E-state index in [-0.39, 0.29) is 0 Å². The summed E-state index contributed by atoms with van der Waals surface area (Å²) in [6.45, 7) is 0. The molecule has 6 heteroatoms. The van der Waals surface area contributed by atoms with Gasteiger partial charge in [0, 0.05) is 11.9 Å². The molecular weight excluding hydrogens is 277 g/mol. The summed E-state index contributed by atoms with van der Waals surface area (Å²) in [4.78, 5) is 8.16. The van der Waals surface area contributed by atoms with Gasteiger partial charge >= 0.3 is 0 Å². The number of anilines is 1. The van der Waals surface area contributed by atoms with Crippen LogP contribution in [0.2, 0.25) is 10.3 Å². The predicted octanol–water partition coefficient (Wildman–Crippen LogP) is 3.66. The minimum absolute atomic E-state index is 0.390. The zero-order valence-corrected chi connectivity index (χ0v) is 11.1. The molecule has 0 spiro atoms. The van der Waals surface area contributed by atoms with Gasteiger partial charge in [-0.2, -0.15) is 0 Å². The van der Waals surface area contributed by atoms with Gasteiger partial charge < -0.3 is 5.73 Å². The summed E-state index contributed by atoms with van der Waals surface area (Å²) in [5, 5.41) is 1.60. The van der Waals surface area contributed by atoms with Crippen LogP contribution >= 0.6 is 35.0 Å². The minimum atomic E-state index is 0.390. The number of pyridine rings is 2. The zero-order chi connectivity index (χ0) is 12.3. The molecule has 2 N–H and O–H groups in total. The van der Waals surface area contributed by atoms with Crippen molar-refractivity contribution in [2.45, 2.75) is 10.8 Å². The summed E-state index contributed by atoms with van der Waals surface area (Å²) in [6, 6.07) is 7.18. The first-order valence-corrected chi connectivity index (χ1v) is 6.55. The van der Waals surface area contributed by atoms with Crippen molar-refractivity contribution in [2.75, 3.05) is 5.73 Å². The first kappa shape index (κ1) is 12.5. The van der Waals surface area contributed by atoms with E-state index in [9.17, 15) is 0 Å². The minimum Gasteiger partial charge on any atom is -0.397 e. The molecule has 0 atom stereocenters. The van der Waals surface area contributed by atoms with Crippen molar-refractivity contribution < 1.29 is 0 Å². The fourth-order valence-electron chi connectivity index (χ4n) is 1.22. The molecule has 2 heterocycles. The first-order chi connectivity index (χ1) is 8.16. The van der Waals surface area contributed by atoms with Crippen LogP contribution in [0.1, 0.15) is 5.56 Å². The van der Waals surface area contributed by atoms with E-state index in [1.807, 2.05) is 12.1 Å². The second-order valence-corrected chi connectivity index (χ2v) is 4.98.